The summed E-state index contributed by atoms with van der Waals surface area (Å²) in [6.07, 6.45) is 1.38. The molecular weight excluding hydrogens is 437 g/mol. The largest absolute Gasteiger partial charge is 0.497 e. The van der Waals surface area contributed by atoms with Crippen molar-refractivity contribution in [2.24, 2.45) is 0 Å². The fourth-order valence-corrected chi connectivity index (χ4v) is 4.36. The van der Waals surface area contributed by atoms with Crippen molar-refractivity contribution in [1.82, 2.24) is 14.3 Å². The number of nitrogens with one attached hydrogen (secondary N) is 1. The molecule has 3 aromatic rings. The molecule has 0 bridgehead atoms. The lowest BCUT2D eigenvalue weighted by Crippen LogP contribution is -2.31. The normalized spacial score (nSPS) is 11.4. The highest BCUT2D eigenvalue weighted by molar-refractivity contribution is 7.89. The molecule has 0 amide bonds. The zero-order chi connectivity index (χ0) is 21.0. The van der Waals surface area contributed by atoms with E-state index in [1.54, 1.807) is 31.4 Å². The van der Waals surface area contributed by atoms with E-state index in [4.69, 9.17) is 27.9 Å². The van der Waals surface area contributed by atoms with Crippen molar-refractivity contribution in [3.8, 4) is 17.0 Å². The Labute approximate surface area is 177 Å². The second-order valence-electron chi connectivity index (χ2n) is 6.01. The molecule has 152 valence electrons. The first kappa shape index (κ1) is 21.3. The second kappa shape index (κ2) is 8.96. The van der Waals surface area contributed by atoms with E-state index in [0.29, 0.717) is 11.4 Å². The van der Waals surface area contributed by atoms with Crippen LogP contribution in [0.5, 0.6) is 5.75 Å². The molecule has 3 rings (SSSR count). The lowest BCUT2D eigenvalue weighted by atomic mass is 10.1. The number of ether oxygens (including phenoxy) is 1. The summed E-state index contributed by atoms with van der Waals surface area (Å²) in [5.41, 5.74) is 0.984. The summed E-state index contributed by atoms with van der Waals surface area (Å²) in [7, 11) is -2.30. The third-order valence-corrected chi connectivity index (χ3v) is 6.27. The van der Waals surface area contributed by atoms with Crippen LogP contribution in [0.1, 0.15) is 0 Å². The Morgan fingerprint density at radius 3 is 2.48 bits per heavy atom. The minimum absolute atomic E-state index is 0.0192. The smallest absolute Gasteiger partial charge is 0.253 e. The van der Waals surface area contributed by atoms with Gasteiger partial charge in [-0.3, -0.25) is 9.36 Å². The highest BCUT2D eigenvalue weighted by atomic mass is 35.5. The van der Waals surface area contributed by atoms with E-state index in [9.17, 15) is 13.2 Å². The van der Waals surface area contributed by atoms with Gasteiger partial charge in [0.15, 0.2) is 0 Å². The monoisotopic (exact) mass is 453 g/mol. The van der Waals surface area contributed by atoms with E-state index in [1.807, 2.05) is 0 Å². The summed E-state index contributed by atoms with van der Waals surface area (Å²) in [5.74, 6) is 0.703. The summed E-state index contributed by atoms with van der Waals surface area (Å²) in [6, 6.07) is 12.7. The van der Waals surface area contributed by atoms with Gasteiger partial charge in [0.25, 0.3) is 5.56 Å². The van der Waals surface area contributed by atoms with Gasteiger partial charge in [-0.2, -0.15) is 0 Å². The Kier molecular flexibility index (Phi) is 6.59. The van der Waals surface area contributed by atoms with E-state index < -0.39 is 10.0 Å². The molecular formula is C19H17Cl2N3O4S. The van der Waals surface area contributed by atoms with Gasteiger partial charge in [-0.05, 0) is 42.5 Å². The number of methoxy groups -OCH3 is 1. The summed E-state index contributed by atoms with van der Waals surface area (Å²) in [6.45, 7) is 0.0841. The van der Waals surface area contributed by atoms with Gasteiger partial charge >= 0.3 is 0 Å². The summed E-state index contributed by atoms with van der Waals surface area (Å²) in [5, 5.41) is 0.314. The van der Waals surface area contributed by atoms with Crippen molar-refractivity contribution in [3.63, 3.8) is 0 Å². The Hall–Kier alpha value is -2.39. The molecule has 0 radical (unpaired) electrons. The fourth-order valence-electron chi connectivity index (χ4n) is 2.57. The number of hydrogen-bond donors (Lipinski definition) is 1. The molecule has 0 unspecified atom stereocenters. The van der Waals surface area contributed by atoms with Crippen LogP contribution in [0.2, 0.25) is 10.0 Å². The minimum atomic E-state index is -3.87. The van der Waals surface area contributed by atoms with Crippen molar-refractivity contribution in [3.05, 3.63) is 75.3 Å². The third-order valence-electron chi connectivity index (χ3n) is 4.09. The van der Waals surface area contributed by atoms with Crippen LogP contribution in [-0.2, 0) is 16.6 Å². The van der Waals surface area contributed by atoms with Gasteiger partial charge in [0.05, 0.1) is 24.2 Å². The standard InChI is InChI=1S/C19H17Cl2N3O4S/c1-28-15-5-2-13(3-6-15)17-11-19(25)24(12-22-17)9-8-23-29(26,27)18-10-14(20)4-7-16(18)21/h2-7,10-12,23H,8-9H2,1H3. The maximum atomic E-state index is 12.4. The van der Waals surface area contributed by atoms with Crippen molar-refractivity contribution in [2.45, 2.75) is 11.4 Å². The third kappa shape index (κ3) is 5.16. The molecule has 2 aromatic carbocycles. The number of aromatic nitrogens is 2. The Morgan fingerprint density at radius 2 is 1.83 bits per heavy atom. The number of rotatable bonds is 7. The van der Waals surface area contributed by atoms with Crippen LogP contribution < -0.4 is 15.0 Å². The molecule has 0 aliphatic carbocycles. The van der Waals surface area contributed by atoms with Crippen molar-refractivity contribution in [1.29, 1.82) is 0 Å². The Balaban J connectivity index is 1.69. The zero-order valence-corrected chi connectivity index (χ0v) is 17.6. The van der Waals surface area contributed by atoms with E-state index >= 15 is 0 Å². The summed E-state index contributed by atoms with van der Waals surface area (Å²) in [4.78, 5) is 16.5. The Morgan fingerprint density at radius 1 is 1.10 bits per heavy atom. The molecule has 1 N–H and O–H groups in total. The first-order chi connectivity index (χ1) is 13.8. The van der Waals surface area contributed by atoms with Gasteiger partial charge in [-0.1, -0.05) is 23.2 Å². The van der Waals surface area contributed by atoms with Gasteiger partial charge in [0, 0.05) is 29.7 Å². The molecule has 29 heavy (non-hydrogen) atoms. The number of hydrogen-bond acceptors (Lipinski definition) is 5. The predicted octanol–water partition coefficient (Wildman–Crippen LogP) is 3.20. The lowest BCUT2D eigenvalue weighted by molar-refractivity contribution is 0.415. The molecule has 0 saturated heterocycles. The molecule has 1 aromatic heterocycles. The van der Waals surface area contributed by atoms with Crippen LogP contribution in [-0.4, -0.2) is 31.6 Å². The van der Waals surface area contributed by atoms with E-state index in [-0.39, 0.29) is 33.6 Å². The molecule has 0 aliphatic rings. The van der Waals surface area contributed by atoms with Crippen LogP contribution >= 0.6 is 23.2 Å². The highest BCUT2D eigenvalue weighted by Crippen LogP contribution is 2.24. The zero-order valence-electron chi connectivity index (χ0n) is 15.3. The van der Waals surface area contributed by atoms with Gasteiger partial charge in [0.2, 0.25) is 10.0 Å². The molecule has 0 fully saturated rings. The number of sulfonamides is 1. The molecule has 10 heteroatoms. The SMILES string of the molecule is COc1ccc(-c2cc(=O)n(CCNS(=O)(=O)c3cc(Cl)ccc3Cl)cn2)cc1. The van der Waals surface area contributed by atoms with Gasteiger partial charge in [-0.15, -0.1) is 0 Å². The number of benzene rings is 2. The fraction of sp³-hybridized carbons (Fsp3) is 0.158. The highest BCUT2D eigenvalue weighted by Gasteiger charge is 2.18. The van der Waals surface area contributed by atoms with Crippen LogP contribution in [0.25, 0.3) is 11.3 Å². The molecule has 0 spiro atoms. The van der Waals surface area contributed by atoms with Crippen LogP contribution in [0, 0.1) is 0 Å². The van der Waals surface area contributed by atoms with Gasteiger partial charge in [0.1, 0.15) is 10.6 Å². The van der Waals surface area contributed by atoms with E-state index in [1.165, 1.54) is 35.2 Å². The van der Waals surface area contributed by atoms with Crippen LogP contribution in [0.4, 0.5) is 0 Å². The van der Waals surface area contributed by atoms with E-state index in [0.717, 1.165) is 5.56 Å². The second-order valence-corrected chi connectivity index (χ2v) is 8.59. The number of nitrogens with zero attached hydrogens (tertiary/aromatic N) is 2. The predicted molar refractivity (Wildman–Crippen MR) is 112 cm³/mol. The quantitative estimate of drug-likeness (QED) is 0.592. The first-order valence-corrected chi connectivity index (χ1v) is 10.7. The molecule has 0 saturated carbocycles. The molecule has 1 heterocycles. The summed E-state index contributed by atoms with van der Waals surface area (Å²) >= 11 is 11.8. The lowest BCUT2D eigenvalue weighted by Gasteiger charge is -2.10. The Bertz CT molecular complexity index is 1180. The van der Waals surface area contributed by atoms with E-state index in [2.05, 4.69) is 9.71 Å². The minimum Gasteiger partial charge on any atom is -0.497 e. The topological polar surface area (TPSA) is 90.3 Å². The first-order valence-electron chi connectivity index (χ1n) is 8.46. The van der Waals surface area contributed by atoms with Crippen molar-refractivity contribution < 1.29 is 13.2 Å². The van der Waals surface area contributed by atoms with Crippen LogP contribution in [0.3, 0.4) is 0 Å². The van der Waals surface area contributed by atoms with Crippen molar-refractivity contribution in [2.75, 3.05) is 13.7 Å². The average molecular weight is 454 g/mol. The average Bonchev–Trinajstić information content (AvgIpc) is 2.71. The molecule has 0 atom stereocenters. The maximum Gasteiger partial charge on any atom is 0.253 e. The summed E-state index contributed by atoms with van der Waals surface area (Å²) < 4.78 is 33.6. The molecule has 0 aliphatic heterocycles. The van der Waals surface area contributed by atoms with Crippen molar-refractivity contribution >= 4 is 33.2 Å². The van der Waals surface area contributed by atoms with Gasteiger partial charge in [-0.25, -0.2) is 18.1 Å². The van der Waals surface area contributed by atoms with Crippen LogP contribution in [0.15, 0.2) is 64.5 Å². The maximum absolute atomic E-state index is 12.4. The van der Waals surface area contributed by atoms with Gasteiger partial charge < -0.3 is 4.74 Å². The number of halogens is 2. The molecule has 7 nitrogen and oxygen atoms in total.